The Morgan fingerprint density at radius 2 is 1.52 bits per heavy atom. The highest BCUT2D eigenvalue weighted by atomic mass is 32.1. The molecule has 2 heterocycles. The molecule has 3 aromatic rings. The van der Waals surface area contributed by atoms with Crippen molar-refractivity contribution in [2.45, 2.75) is 117 Å². The van der Waals surface area contributed by atoms with E-state index in [1.54, 1.807) is 0 Å². The Balaban J connectivity index is 0.000000671. The lowest BCUT2D eigenvalue weighted by Gasteiger charge is -2.33. The summed E-state index contributed by atoms with van der Waals surface area (Å²) in [6.45, 7) is 10.2. The number of carbonyl (C=O) groups excluding carboxylic acids is 2. The molecule has 2 atom stereocenters. The molecule has 4 nitrogen and oxygen atoms in total. The number of aryl methyl sites for hydroxylation is 1. The molecule has 52 heavy (non-hydrogen) atoms. The third-order valence-electron chi connectivity index (χ3n) is 9.60. The van der Waals surface area contributed by atoms with E-state index in [0.29, 0.717) is 31.0 Å². The summed E-state index contributed by atoms with van der Waals surface area (Å²) < 4.78 is 79.6. The average Bonchev–Trinajstić information content (AvgIpc) is 3.86. The molecule has 11 heteroatoms. The second-order valence-electron chi connectivity index (χ2n) is 13.6. The number of carbonyl (C=O) groups is 2. The summed E-state index contributed by atoms with van der Waals surface area (Å²) in [5, 5.41) is 4.52. The Morgan fingerprint density at radius 1 is 0.923 bits per heavy atom. The number of benzene rings is 2. The van der Waals surface area contributed by atoms with E-state index in [1.165, 1.54) is 36.2 Å². The molecule has 1 saturated heterocycles. The summed E-state index contributed by atoms with van der Waals surface area (Å²) in [7, 11) is 0. The molecule has 5 rings (SSSR count). The topological polar surface area (TPSA) is 49.4 Å². The van der Waals surface area contributed by atoms with Gasteiger partial charge in [0.2, 0.25) is 5.91 Å². The number of thiophene rings is 1. The molecule has 1 aliphatic heterocycles. The van der Waals surface area contributed by atoms with Crippen LogP contribution in [0, 0.1) is 11.8 Å². The average molecular weight is 755 g/mol. The summed E-state index contributed by atoms with van der Waals surface area (Å²) in [6, 6.07) is 13.7. The van der Waals surface area contributed by atoms with Gasteiger partial charge in [0.1, 0.15) is 6.29 Å². The van der Waals surface area contributed by atoms with Gasteiger partial charge >= 0.3 is 12.4 Å². The highest BCUT2D eigenvalue weighted by molar-refractivity contribution is 7.10. The van der Waals surface area contributed by atoms with Gasteiger partial charge in [-0.05, 0) is 110 Å². The highest BCUT2D eigenvalue weighted by Gasteiger charge is 2.37. The monoisotopic (exact) mass is 754 g/mol. The maximum atomic E-state index is 13.3. The second kappa shape index (κ2) is 21.5. The van der Waals surface area contributed by atoms with Crippen molar-refractivity contribution in [1.82, 2.24) is 10.2 Å². The lowest BCUT2D eigenvalue weighted by atomic mass is 9.89. The molecular weight excluding hydrogens is 699 g/mol. The van der Waals surface area contributed by atoms with E-state index in [4.69, 9.17) is 0 Å². The Labute approximate surface area is 310 Å². The van der Waals surface area contributed by atoms with E-state index in [1.807, 2.05) is 50.4 Å². The fourth-order valence-corrected chi connectivity index (χ4v) is 6.69. The van der Waals surface area contributed by atoms with Crippen LogP contribution in [0.2, 0.25) is 0 Å². The summed E-state index contributed by atoms with van der Waals surface area (Å²) in [5.41, 5.74) is -0.900. The van der Waals surface area contributed by atoms with E-state index < -0.39 is 41.8 Å². The first-order valence-electron chi connectivity index (χ1n) is 18.0. The molecule has 2 unspecified atom stereocenters. The number of amides is 1. The highest BCUT2D eigenvalue weighted by Crippen LogP contribution is 2.37. The van der Waals surface area contributed by atoms with Crippen LogP contribution >= 0.6 is 11.3 Å². The molecule has 2 aromatic carbocycles. The third-order valence-corrected chi connectivity index (χ3v) is 10.7. The van der Waals surface area contributed by atoms with E-state index >= 15 is 0 Å². The molecule has 1 amide bonds. The molecule has 290 valence electrons. The minimum absolute atomic E-state index is 0. The van der Waals surface area contributed by atoms with Crippen LogP contribution in [0.1, 0.15) is 125 Å². The quantitative estimate of drug-likeness (QED) is 0.148. The zero-order valence-electron chi connectivity index (χ0n) is 30.1. The molecular formula is C41H56F6N2O2S. The molecule has 0 bridgehead atoms. The van der Waals surface area contributed by atoms with Crippen molar-refractivity contribution in [2.24, 2.45) is 11.8 Å². The van der Waals surface area contributed by atoms with Crippen LogP contribution in [0.15, 0.2) is 60.0 Å². The number of aldehydes is 1. The maximum absolute atomic E-state index is 13.3. The molecule has 2 fully saturated rings. The Morgan fingerprint density at radius 3 is 1.94 bits per heavy atom. The van der Waals surface area contributed by atoms with Gasteiger partial charge < -0.3 is 15.0 Å². The fourth-order valence-electron chi connectivity index (χ4n) is 5.80. The van der Waals surface area contributed by atoms with E-state index in [0.717, 1.165) is 61.4 Å². The minimum atomic E-state index is -4.94. The molecule has 1 aromatic heterocycles. The minimum Gasteiger partial charge on any atom is -0.351 e. The van der Waals surface area contributed by atoms with Crippen LogP contribution in [0.5, 0.6) is 0 Å². The van der Waals surface area contributed by atoms with E-state index in [2.05, 4.69) is 29.3 Å². The second-order valence-corrected chi connectivity index (χ2v) is 14.6. The van der Waals surface area contributed by atoms with Crippen molar-refractivity contribution in [1.29, 1.82) is 0 Å². The third kappa shape index (κ3) is 15.0. The van der Waals surface area contributed by atoms with Crippen molar-refractivity contribution in [3.8, 4) is 0 Å². The fraction of sp³-hybridized carbons (Fsp3) is 0.561. The van der Waals surface area contributed by atoms with Crippen molar-refractivity contribution >= 4 is 23.5 Å². The number of hydrogen-bond donors (Lipinski definition) is 1. The van der Waals surface area contributed by atoms with E-state index in [-0.39, 0.29) is 25.0 Å². The standard InChI is InChI=1S/C30H32F6N2OS.C5H10O.C5H10.CH4/c1-2-26-16-23(19-40-26)27(10-13-38-11-8-22(9-12-38)21-6-4-3-5-7-21)28(39)37-18-20-14-24(29(31,32)33)17-25(15-20)30(34,35)36;1-3-5(2)4-6;1-2-5-3-4-5;/h3-7,14-17,19,22,27H,2,8-13,18H2,1H3,(H,37,39);4-5H,3H2,1-2H3;5H,2-4H2,1H3;1H4. The predicted molar refractivity (Wildman–Crippen MR) is 199 cm³/mol. The first kappa shape index (κ1) is 45.0. The normalized spacial score (nSPS) is 16.3. The van der Waals surface area contributed by atoms with Gasteiger partial charge in [0.05, 0.1) is 17.0 Å². The molecule has 1 saturated carbocycles. The van der Waals surface area contributed by atoms with Gasteiger partial charge in [-0.1, -0.05) is 84.7 Å². The Bertz CT molecular complexity index is 1450. The number of alkyl halides is 6. The van der Waals surface area contributed by atoms with Gasteiger partial charge in [-0.15, -0.1) is 11.3 Å². The van der Waals surface area contributed by atoms with Gasteiger partial charge in [0.25, 0.3) is 0 Å². The van der Waals surface area contributed by atoms with Gasteiger partial charge in [-0.3, -0.25) is 4.79 Å². The lowest BCUT2D eigenvalue weighted by molar-refractivity contribution is -0.143. The largest absolute Gasteiger partial charge is 0.416 e. The van der Waals surface area contributed by atoms with Crippen LogP contribution < -0.4 is 5.32 Å². The van der Waals surface area contributed by atoms with Gasteiger partial charge in [0, 0.05) is 17.3 Å². The number of hydrogen-bond acceptors (Lipinski definition) is 4. The summed E-state index contributed by atoms with van der Waals surface area (Å²) >= 11 is 1.53. The number of nitrogens with zero attached hydrogens (tertiary/aromatic N) is 1. The lowest BCUT2D eigenvalue weighted by Crippen LogP contribution is -2.36. The van der Waals surface area contributed by atoms with Gasteiger partial charge in [-0.2, -0.15) is 26.3 Å². The number of rotatable bonds is 12. The summed E-state index contributed by atoms with van der Waals surface area (Å²) in [4.78, 5) is 26.5. The summed E-state index contributed by atoms with van der Waals surface area (Å²) in [5.74, 6) is 0.913. The molecule has 2 aliphatic rings. The molecule has 1 aliphatic carbocycles. The number of nitrogens with one attached hydrogen (secondary N) is 1. The first-order valence-corrected chi connectivity index (χ1v) is 18.9. The van der Waals surface area contributed by atoms with Crippen LogP contribution in [0.4, 0.5) is 26.3 Å². The number of halogens is 6. The van der Waals surface area contributed by atoms with Crippen molar-refractivity contribution in [2.75, 3.05) is 19.6 Å². The van der Waals surface area contributed by atoms with Gasteiger partial charge in [0.15, 0.2) is 0 Å². The van der Waals surface area contributed by atoms with Crippen LogP contribution in [0.3, 0.4) is 0 Å². The van der Waals surface area contributed by atoms with Crippen molar-refractivity contribution in [3.05, 3.63) is 92.7 Å². The van der Waals surface area contributed by atoms with Crippen molar-refractivity contribution in [3.63, 3.8) is 0 Å². The first-order chi connectivity index (χ1) is 24.2. The van der Waals surface area contributed by atoms with E-state index in [9.17, 15) is 35.9 Å². The van der Waals surface area contributed by atoms with Gasteiger partial charge in [-0.25, -0.2) is 0 Å². The van der Waals surface area contributed by atoms with Crippen molar-refractivity contribution < 1.29 is 35.9 Å². The van der Waals surface area contributed by atoms with Crippen LogP contribution in [0.25, 0.3) is 0 Å². The maximum Gasteiger partial charge on any atom is 0.416 e. The Kier molecular flexibility index (Phi) is 18.6. The number of likely N-dealkylation sites (tertiary alicyclic amines) is 1. The summed E-state index contributed by atoms with van der Waals surface area (Å²) in [6.07, 6.45) is -0.189. The molecule has 0 spiro atoms. The van der Waals surface area contributed by atoms with Crippen LogP contribution in [-0.4, -0.2) is 36.7 Å². The zero-order valence-corrected chi connectivity index (χ0v) is 30.9. The SMILES string of the molecule is C.CCC(C)C=O.CCC1CC1.CCc1cc(C(CCN2CCC(c3ccccc3)CC2)C(=O)NCc2cc(C(F)(F)F)cc(C(F)(F)F)c2)cs1. The number of piperidine rings is 1. The van der Waals surface area contributed by atoms with Crippen LogP contribution in [-0.2, 0) is 34.9 Å². The predicted octanol–water partition coefficient (Wildman–Crippen LogP) is 11.7. The smallest absolute Gasteiger partial charge is 0.351 e. The zero-order chi connectivity index (χ0) is 37.6. The molecule has 1 N–H and O–H groups in total. The Hall–Kier alpha value is -3.18. The molecule has 0 radical (unpaired) electrons.